The summed E-state index contributed by atoms with van der Waals surface area (Å²) in [5, 5.41) is 10.8. The molecule has 3 atom stereocenters. The number of halogens is 1. The van der Waals surface area contributed by atoms with Gasteiger partial charge in [-0.2, -0.15) is 0 Å². The Morgan fingerprint density at radius 2 is 1.85 bits per heavy atom. The lowest BCUT2D eigenvalue weighted by molar-refractivity contribution is -0.122. The van der Waals surface area contributed by atoms with Crippen LogP contribution in [0.2, 0.25) is 5.02 Å². The fourth-order valence-electron chi connectivity index (χ4n) is 4.91. The van der Waals surface area contributed by atoms with Gasteiger partial charge in [0.2, 0.25) is 11.8 Å². The number of pyridine rings is 1. The van der Waals surface area contributed by atoms with Gasteiger partial charge < -0.3 is 5.11 Å². The average Bonchev–Trinajstić information content (AvgIpc) is 3.06. The molecule has 0 radical (unpaired) electrons. The Kier molecular flexibility index (Phi) is 5.05. The second kappa shape index (κ2) is 7.81. The van der Waals surface area contributed by atoms with Gasteiger partial charge in [-0.15, -0.1) is 0 Å². The van der Waals surface area contributed by atoms with Gasteiger partial charge >= 0.3 is 5.97 Å². The summed E-state index contributed by atoms with van der Waals surface area (Å²) >= 11 is 6.24. The summed E-state index contributed by atoms with van der Waals surface area (Å²) < 4.78 is 0. The number of hydrogen-bond donors (Lipinski definition) is 1. The maximum atomic E-state index is 13.0. The SMILES string of the molecule is Cc1c(Cl)ccc2c(C(=O)O)cc(-c3ccc(N4C(=O)C5CC=CC(C)C5C4=O)cc3)nc12. The first-order valence-electron chi connectivity index (χ1n) is 10.8. The van der Waals surface area contributed by atoms with Crippen LogP contribution in [0.3, 0.4) is 0 Å². The number of carbonyl (C=O) groups is 3. The minimum Gasteiger partial charge on any atom is -0.478 e. The van der Waals surface area contributed by atoms with Crippen LogP contribution in [0, 0.1) is 24.7 Å². The zero-order valence-electron chi connectivity index (χ0n) is 18.1. The van der Waals surface area contributed by atoms with Crippen LogP contribution in [0.25, 0.3) is 22.2 Å². The lowest BCUT2D eigenvalue weighted by Gasteiger charge is -2.22. The van der Waals surface area contributed by atoms with E-state index in [1.54, 1.807) is 43.3 Å². The molecular formula is C26H21ClN2O4. The van der Waals surface area contributed by atoms with Crippen LogP contribution in [0.1, 0.15) is 29.3 Å². The van der Waals surface area contributed by atoms with Gasteiger partial charge in [0.05, 0.1) is 34.3 Å². The van der Waals surface area contributed by atoms with E-state index in [2.05, 4.69) is 4.98 Å². The van der Waals surface area contributed by atoms with Crippen molar-refractivity contribution in [2.24, 2.45) is 17.8 Å². The molecule has 6 nitrogen and oxygen atoms in total. The summed E-state index contributed by atoms with van der Waals surface area (Å²) in [6.07, 6.45) is 4.55. The van der Waals surface area contributed by atoms with Gasteiger partial charge in [0.1, 0.15) is 0 Å². The van der Waals surface area contributed by atoms with E-state index in [-0.39, 0.29) is 35.1 Å². The van der Waals surface area contributed by atoms with Gasteiger partial charge in [-0.3, -0.25) is 14.5 Å². The molecule has 3 unspecified atom stereocenters. The van der Waals surface area contributed by atoms with Crippen molar-refractivity contribution in [1.29, 1.82) is 0 Å². The molecule has 2 aromatic carbocycles. The van der Waals surface area contributed by atoms with Crippen molar-refractivity contribution in [3.63, 3.8) is 0 Å². The maximum Gasteiger partial charge on any atom is 0.336 e. The number of aromatic carboxylic acids is 1. The molecule has 1 saturated heterocycles. The average molecular weight is 461 g/mol. The summed E-state index contributed by atoms with van der Waals surface area (Å²) in [4.78, 5) is 43.8. The molecule has 7 heteroatoms. The van der Waals surface area contributed by atoms with E-state index in [1.807, 2.05) is 19.1 Å². The normalized spacial score (nSPS) is 22.2. The van der Waals surface area contributed by atoms with Crippen LogP contribution in [0.5, 0.6) is 0 Å². The lowest BCUT2D eigenvalue weighted by Crippen LogP contribution is -2.31. The van der Waals surface area contributed by atoms with Crippen molar-refractivity contribution >= 4 is 46.0 Å². The molecule has 1 N–H and O–H groups in total. The number of aromatic nitrogens is 1. The molecule has 2 amide bonds. The molecule has 166 valence electrons. The monoisotopic (exact) mass is 460 g/mol. The van der Waals surface area contributed by atoms with E-state index in [0.29, 0.717) is 44.9 Å². The van der Waals surface area contributed by atoms with Crippen LogP contribution < -0.4 is 4.90 Å². The zero-order valence-corrected chi connectivity index (χ0v) is 18.8. The number of fused-ring (bicyclic) bond motifs is 2. The fraction of sp³-hybridized carbons (Fsp3) is 0.231. The largest absolute Gasteiger partial charge is 0.478 e. The van der Waals surface area contributed by atoms with Crippen LogP contribution in [0.15, 0.2) is 54.6 Å². The van der Waals surface area contributed by atoms with Crippen molar-refractivity contribution in [3.05, 3.63) is 70.8 Å². The van der Waals surface area contributed by atoms with Crippen molar-refractivity contribution in [2.75, 3.05) is 4.90 Å². The highest BCUT2D eigenvalue weighted by atomic mass is 35.5. The van der Waals surface area contributed by atoms with Crippen molar-refractivity contribution in [3.8, 4) is 11.3 Å². The Labute approximate surface area is 195 Å². The predicted octanol–water partition coefficient (Wildman–Crippen LogP) is 5.26. The quantitative estimate of drug-likeness (QED) is 0.425. The molecule has 0 saturated carbocycles. The van der Waals surface area contributed by atoms with Gasteiger partial charge in [-0.05, 0) is 49.1 Å². The van der Waals surface area contributed by atoms with E-state index in [4.69, 9.17) is 11.6 Å². The third-order valence-electron chi connectivity index (χ3n) is 6.69. The van der Waals surface area contributed by atoms with Gasteiger partial charge in [0, 0.05) is 16.0 Å². The number of benzene rings is 2. The Morgan fingerprint density at radius 1 is 1.12 bits per heavy atom. The Bertz CT molecular complexity index is 1360. The van der Waals surface area contributed by atoms with E-state index >= 15 is 0 Å². The lowest BCUT2D eigenvalue weighted by atomic mass is 9.78. The highest BCUT2D eigenvalue weighted by molar-refractivity contribution is 6.32. The van der Waals surface area contributed by atoms with Crippen LogP contribution in [-0.4, -0.2) is 27.9 Å². The Balaban J connectivity index is 1.54. The number of carbonyl (C=O) groups excluding carboxylic acids is 2. The fourth-order valence-corrected chi connectivity index (χ4v) is 5.06. The van der Waals surface area contributed by atoms with Gasteiger partial charge in [0.15, 0.2) is 0 Å². The standard InChI is InChI=1S/C26H21ClN2O4/c1-13-4-3-5-18-22(13)25(31)29(24(18)30)16-8-6-15(7-9-16)21-12-19(26(32)33)17-10-11-20(27)14(2)23(17)28-21/h3-4,6-13,18,22H,5H2,1-2H3,(H,32,33). The van der Waals surface area contributed by atoms with Crippen molar-refractivity contribution < 1.29 is 19.5 Å². The second-order valence-electron chi connectivity index (χ2n) is 8.64. The number of anilines is 1. The van der Waals surface area contributed by atoms with E-state index in [9.17, 15) is 19.5 Å². The summed E-state index contributed by atoms with van der Waals surface area (Å²) in [7, 11) is 0. The molecule has 5 rings (SSSR count). The minimum absolute atomic E-state index is 0.0239. The minimum atomic E-state index is -1.06. The molecule has 1 fully saturated rings. The summed E-state index contributed by atoms with van der Waals surface area (Å²) in [5.74, 6) is -2.01. The van der Waals surface area contributed by atoms with Gasteiger partial charge in [-0.25, -0.2) is 9.78 Å². The number of allylic oxidation sites excluding steroid dienone is 2. The molecule has 33 heavy (non-hydrogen) atoms. The second-order valence-corrected chi connectivity index (χ2v) is 9.05. The highest BCUT2D eigenvalue weighted by Crippen LogP contribution is 2.41. The van der Waals surface area contributed by atoms with Gasteiger partial charge in [0.25, 0.3) is 0 Å². The van der Waals surface area contributed by atoms with E-state index in [1.165, 1.54) is 11.0 Å². The topological polar surface area (TPSA) is 87.6 Å². The first kappa shape index (κ1) is 21.3. The van der Waals surface area contributed by atoms with Gasteiger partial charge in [-0.1, -0.05) is 48.9 Å². The first-order chi connectivity index (χ1) is 15.8. The highest BCUT2D eigenvalue weighted by Gasteiger charge is 2.50. The van der Waals surface area contributed by atoms with Crippen LogP contribution in [-0.2, 0) is 9.59 Å². The van der Waals surface area contributed by atoms with Crippen LogP contribution in [0.4, 0.5) is 5.69 Å². The summed E-state index contributed by atoms with van der Waals surface area (Å²) in [6, 6.07) is 11.8. The summed E-state index contributed by atoms with van der Waals surface area (Å²) in [5.41, 5.74) is 3.02. The summed E-state index contributed by atoms with van der Waals surface area (Å²) in [6.45, 7) is 3.76. The molecular weight excluding hydrogens is 440 g/mol. The predicted molar refractivity (Wildman–Crippen MR) is 126 cm³/mol. The van der Waals surface area contributed by atoms with E-state index < -0.39 is 5.97 Å². The number of carboxylic acids is 1. The Morgan fingerprint density at radius 3 is 2.52 bits per heavy atom. The third kappa shape index (κ3) is 3.33. The number of nitrogens with zero attached hydrogens (tertiary/aromatic N) is 2. The van der Waals surface area contributed by atoms with Crippen LogP contribution >= 0.6 is 11.6 Å². The molecule has 1 aliphatic carbocycles. The number of rotatable bonds is 3. The molecule has 0 spiro atoms. The smallest absolute Gasteiger partial charge is 0.336 e. The molecule has 1 aromatic heterocycles. The number of amides is 2. The molecule has 2 heterocycles. The number of aryl methyl sites for hydroxylation is 1. The third-order valence-corrected chi connectivity index (χ3v) is 7.10. The zero-order chi connectivity index (χ0) is 23.4. The maximum absolute atomic E-state index is 13.0. The number of hydrogen-bond acceptors (Lipinski definition) is 4. The van der Waals surface area contributed by atoms with E-state index in [0.717, 1.165) is 0 Å². The molecule has 2 aliphatic rings. The number of carboxylic acid groups (broad SMARTS) is 1. The van der Waals surface area contributed by atoms with Crippen molar-refractivity contribution in [2.45, 2.75) is 20.3 Å². The number of imide groups is 1. The Hall–Kier alpha value is -3.51. The van der Waals surface area contributed by atoms with Crippen molar-refractivity contribution in [1.82, 2.24) is 4.98 Å². The first-order valence-corrected chi connectivity index (χ1v) is 11.1. The molecule has 3 aromatic rings. The molecule has 0 bridgehead atoms. The molecule has 1 aliphatic heterocycles.